The van der Waals surface area contributed by atoms with Crippen LogP contribution in [0.25, 0.3) is 0 Å². The Morgan fingerprint density at radius 2 is 2.20 bits per heavy atom. The van der Waals surface area contributed by atoms with Gasteiger partial charge in [-0.25, -0.2) is 4.39 Å². The normalized spacial score (nSPS) is 20.9. The van der Waals surface area contributed by atoms with Crippen molar-refractivity contribution in [2.75, 3.05) is 13.1 Å². The van der Waals surface area contributed by atoms with Crippen LogP contribution in [-0.4, -0.2) is 13.1 Å². The van der Waals surface area contributed by atoms with E-state index in [2.05, 4.69) is 5.32 Å². The van der Waals surface area contributed by atoms with E-state index in [0.29, 0.717) is 5.92 Å². The minimum absolute atomic E-state index is 0.0370. The fraction of sp³-hybridized carbons (Fsp3) is 0.538. The Balaban J connectivity index is 2.22. The molecule has 0 aromatic heterocycles. The van der Waals surface area contributed by atoms with Gasteiger partial charge >= 0.3 is 0 Å². The lowest BCUT2D eigenvalue weighted by atomic mass is 9.93. The molecule has 1 nitrogen and oxygen atoms in total. The van der Waals surface area contributed by atoms with E-state index in [4.69, 9.17) is 0 Å². The Labute approximate surface area is 90.7 Å². The molecule has 1 saturated heterocycles. The second-order valence-corrected chi connectivity index (χ2v) is 4.53. The predicted octanol–water partition coefficient (Wildman–Crippen LogP) is 2.59. The summed E-state index contributed by atoms with van der Waals surface area (Å²) in [5.74, 6) is 0.574. The first-order valence-corrected chi connectivity index (χ1v) is 5.64. The number of hydrogen-bond donors (Lipinski definition) is 1. The third-order valence-corrected chi connectivity index (χ3v) is 3.47. The molecule has 0 bridgehead atoms. The first-order valence-electron chi connectivity index (χ1n) is 5.64. The van der Waals surface area contributed by atoms with Crippen LogP contribution in [0.3, 0.4) is 0 Å². The van der Waals surface area contributed by atoms with Crippen molar-refractivity contribution in [1.82, 2.24) is 5.32 Å². The molecule has 1 aliphatic heterocycles. The standard InChI is InChI=1S/C13H18FN/c1-9-3-4-13(14)12(10(9)2)7-11-5-6-15-8-11/h3-4,11,15H,5-8H2,1-2H3. The smallest absolute Gasteiger partial charge is 0.126 e. The van der Waals surface area contributed by atoms with Crippen LogP contribution in [-0.2, 0) is 6.42 Å². The van der Waals surface area contributed by atoms with Crippen molar-refractivity contribution in [2.24, 2.45) is 5.92 Å². The minimum atomic E-state index is -0.0370. The van der Waals surface area contributed by atoms with Crippen LogP contribution in [0.2, 0.25) is 0 Å². The minimum Gasteiger partial charge on any atom is -0.316 e. The van der Waals surface area contributed by atoms with E-state index in [1.54, 1.807) is 6.07 Å². The van der Waals surface area contributed by atoms with Crippen molar-refractivity contribution in [1.29, 1.82) is 0 Å². The summed E-state index contributed by atoms with van der Waals surface area (Å²) >= 11 is 0. The van der Waals surface area contributed by atoms with Crippen molar-refractivity contribution in [3.8, 4) is 0 Å². The number of halogens is 1. The highest BCUT2D eigenvalue weighted by atomic mass is 19.1. The van der Waals surface area contributed by atoms with E-state index in [1.807, 2.05) is 19.9 Å². The van der Waals surface area contributed by atoms with Crippen molar-refractivity contribution in [3.63, 3.8) is 0 Å². The lowest BCUT2D eigenvalue weighted by Gasteiger charge is -2.13. The molecule has 0 amide bonds. The van der Waals surface area contributed by atoms with Gasteiger partial charge < -0.3 is 5.32 Å². The fourth-order valence-electron chi connectivity index (χ4n) is 2.27. The summed E-state index contributed by atoms with van der Waals surface area (Å²) in [7, 11) is 0. The van der Waals surface area contributed by atoms with Gasteiger partial charge in [0.1, 0.15) is 5.82 Å². The third kappa shape index (κ3) is 2.20. The molecule has 82 valence electrons. The fourth-order valence-corrected chi connectivity index (χ4v) is 2.27. The SMILES string of the molecule is Cc1ccc(F)c(CC2CCNC2)c1C. The van der Waals surface area contributed by atoms with Crippen LogP contribution in [0.1, 0.15) is 23.1 Å². The Hall–Kier alpha value is -0.890. The van der Waals surface area contributed by atoms with Gasteiger partial charge in [0.05, 0.1) is 0 Å². The average Bonchev–Trinajstić information content (AvgIpc) is 2.71. The third-order valence-electron chi connectivity index (χ3n) is 3.47. The van der Waals surface area contributed by atoms with Crippen LogP contribution in [0.15, 0.2) is 12.1 Å². The molecule has 1 atom stereocenters. The van der Waals surface area contributed by atoms with Crippen LogP contribution in [0.4, 0.5) is 4.39 Å². The van der Waals surface area contributed by atoms with Gasteiger partial charge in [-0.05, 0) is 68.5 Å². The first kappa shape index (κ1) is 10.6. The molecular formula is C13H18FN. The lowest BCUT2D eigenvalue weighted by Crippen LogP contribution is -2.12. The molecule has 0 saturated carbocycles. The Morgan fingerprint density at radius 1 is 1.40 bits per heavy atom. The second kappa shape index (κ2) is 4.31. The quantitative estimate of drug-likeness (QED) is 0.786. The Kier molecular flexibility index (Phi) is 3.06. The summed E-state index contributed by atoms with van der Waals surface area (Å²) in [4.78, 5) is 0. The molecule has 1 unspecified atom stereocenters. The van der Waals surface area contributed by atoms with E-state index < -0.39 is 0 Å². The van der Waals surface area contributed by atoms with Crippen LogP contribution >= 0.6 is 0 Å². The summed E-state index contributed by atoms with van der Waals surface area (Å²) in [5, 5.41) is 3.32. The summed E-state index contributed by atoms with van der Waals surface area (Å²) in [6.07, 6.45) is 2.05. The number of nitrogens with one attached hydrogen (secondary N) is 1. The second-order valence-electron chi connectivity index (χ2n) is 4.53. The van der Waals surface area contributed by atoms with Gasteiger partial charge in [0.2, 0.25) is 0 Å². The summed E-state index contributed by atoms with van der Waals surface area (Å²) in [6.45, 7) is 6.19. The topological polar surface area (TPSA) is 12.0 Å². The van der Waals surface area contributed by atoms with Crippen LogP contribution in [0.5, 0.6) is 0 Å². The molecular weight excluding hydrogens is 189 g/mol. The van der Waals surface area contributed by atoms with E-state index in [0.717, 1.165) is 30.6 Å². The van der Waals surface area contributed by atoms with Crippen molar-refractivity contribution in [3.05, 3.63) is 34.6 Å². The molecule has 0 radical (unpaired) electrons. The van der Waals surface area contributed by atoms with Crippen molar-refractivity contribution < 1.29 is 4.39 Å². The maximum atomic E-state index is 13.7. The molecule has 1 aliphatic rings. The molecule has 1 heterocycles. The van der Waals surface area contributed by atoms with E-state index in [-0.39, 0.29) is 5.82 Å². The molecule has 1 aromatic rings. The highest BCUT2D eigenvalue weighted by molar-refractivity contribution is 5.34. The van der Waals surface area contributed by atoms with Crippen LogP contribution in [0, 0.1) is 25.6 Å². The first-order chi connectivity index (χ1) is 7.18. The highest BCUT2D eigenvalue weighted by Crippen LogP contribution is 2.22. The number of hydrogen-bond acceptors (Lipinski definition) is 1. The van der Waals surface area contributed by atoms with E-state index in [1.165, 1.54) is 12.0 Å². The summed E-state index contributed by atoms with van der Waals surface area (Å²) < 4.78 is 13.7. The maximum absolute atomic E-state index is 13.7. The van der Waals surface area contributed by atoms with Gasteiger partial charge in [0.25, 0.3) is 0 Å². The molecule has 1 fully saturated rings. The number of aryl methyl sites for hydroxylation is 1. The van der Waals surface area contributed by atoms with Crippen molar-refractivity contribution in [2.45, 2.75) is 26.7 Å². The predicted molar refractivity (Wildman–Crippen MR) is 60.6 cm³/mol. The Morgan fingerprint density at radius 3 is 2.87 bits per heavy atom. The van der Waals surface area contributed by atoms with Gasteiger partial charge in [-0.3, -0.25) is 0 Å². The maximum Gasteiger partial charge on any atom is 0.126 e. The molecule has 15 heavy (non-hydrogen) atoms. The molecule has 1 N–H and O–H groups in total. The zero-order chi connectivity index (χ0) is 10.8. The van der Waals surface area contributed by atoms with Gasteiger partial charge in [-0.15, -0.1) is 0 Å². The largest absolute Gasteiger partial charge is 0.316 e. The molecule has 1 aromatic carbocycles. The van der Waals surface area contributed by atoms with Gasteiger partial charge in [0.15, 0.2) is 0 Å². The van der Waals surface area contributed by atoms with Gasteiger partial charge in [-0.1, -0.05) is 6.07 Å². The molecule has 0 spiro atoms. The number of benzene rings is 1. The summed E-state index contributed by atoms with van der Waals surface area (Å²) in [5.41, 5.74) is 3.24. The van der Waals surface area contributed by atoms with Gasteiger partial charge in [-0.2, -0.15) is 0 Å². The van der Waals surface area contributed by atoms with Gasteiger partial charge in [0, 0.05) is 0 Å². The van der Waals surface area contributed by atoms with E-state index >= 15 is 0 Å². The average molecular weight is 207 g/mol. The van der Waals surface area contributed by atoms with E-state index in [9.17, 15) is 4.39 Å². The summed E-state index contributed by atoms with van der Waals surface area (Å²) in [6, 6.07) is 3.46. The zero-order valence-corrected chi connectivity index (χ0v) is 9.44. The molecule has 2 heteroatoms. The molecule has 0 aliphatic carbocycles. The molecule has 2 rings (SSSR count). The monoisotopic (exact) mass is 207 g/mol. The van der Waals surface area contributed by atoms with Crippen molar-refractivity contribution >= 4 is 0 Å². The van der Waals surface area contributed by atoms with Crippen LogP contribution < -0.4 is 5.32 Å². The zero-order valence-electron chi connectivity index (χ0n) is 9.44. The lowest BCUT2D eigenvalue weighted by molar-refractivity contribution is 0.541. The Bertz CT molecular complexity index is 354. The number of rotatable bonds is 2. The highest BCUT2D eigenvalue weighted by Gasteiger charge is 2.18.